The summed E-state index contributed by atoms with van der Waals surface area (Å²) in [4.78, 5) is 25.8. The molecular formula is C24H18FN3O2S. The van der Waals surface area contributed by atoms with Crippen LogP contribution in [0.3, 0.4) is 0 Å². The summed E-state index contributed by atoms with van der Waals surface area (Å²) in [5.41, 5.74) is 2.19. The number of benzene rings is 3. The maximum atomic E-state index is 13.3. The highest BCUT2D eigenvalue weighted by atomic mass is 32.2. The van der Waals surface area contributed by atoms with E-state index >= 15 is 0 Å². The van der Waals surface area contributed by atoms with Crippen LogP contribution in [-0.2, 0) is 0 Å². The van der Waals surface area contributed by atoms with Gasteiger partial charge < -0.3 is 5.32 Å². The Kier molecular flexibility index (Phi) is 5.95. The Hall–Kier alpha value is -3.71. The van der Waals surface area contributed by atoms with Crippen molar-refractivity contribution in [2.75, 3.05) is 5.32 Å². The lowest BCUT2D eigenvalue weighted by Gasteiger charge is -2.09. The Morgan fingerprint density at radius 2 is 1.71 bits per heavy atom. The van der Waals surface area contributed by atoms with E-state index in [-0.39, 0.29) is 11.5 Å². The van der Waals surface area contributed by atoms with Crippen LogP contribution in [0, 0.1) is 12.7 Å². The number of aromatic nitrogens is 2. The van der Waals surface area contributed by atoms with E-state index < -0.39 is 5.82 Å². The van der Waals surface area contributed by atoms with Gasteiger partial charge in [-0.1, -0.05) is 35.5 Å². The van der Waals surface area contributed by atoms with Gasteiger partial charge in [0, 0.05) is 22.2 Å². The number of halogens is 1. The molecule has 31 heavy (non-hydrogen) atoms. The summed E-state index contributed by atoms with van der Waals surface area (Å²) in [6.07, 6.45) is 0. The highest BCUT2D eigenvalue weighted by molar-refractivity contribution is 7.99. The van der Waals surface area contributed by atoms with Gasteiger partial charge in [0.1, 0.15) is 10.8 Å². The summed E-state index contributed by atoms with van der Waals surface area (Å²) in [6, 6.07) is 23.4. The van der Waals surface area contributed by atoms with Crippen molar-refractivity contribution in [1.29, 1.82) is 0 Å². The summed E-state index contributed by atoms with van der Waals surface area (Å²) in [5, 5.41) is 7.76. The second-order valence-electron chi connectivity index (χ2n) is 6.85. The number of rotatable bonds is 5. The van der Waals surface area contributed by atoms with Crippen LogP contribution in [0.2, 0.25) is 0 Å². The van der Waals surface area contributed by atoms with Crippen LogP contribution < -0.4 is 10.9 Å². The first-order chi connectivity index (χ1) is 15.0. The summed E-state index contributed by atoms with van der Waals surface area (Å²) in [5.74, 6) is -0.803. The fourth-order valence-corrected chi connectivity index (χ4v) is 3.66. The first kappa shape index (κ1) is 20.6. The van der Waals surface area contributed by atoms with Gasteiger partial charge in [-0.15, -0.1) is 0 Å². The summed E-state index contributed by atoms with van der Waals surface area (Å²) >= 11 is 1.46. The topological polar surface area (TPSA) is 64.0 Å². The minimum Gasteiger partial charge on any atom is -0.322 e. The van der Waals surface area contributed by atoms with Crippen molar-refractivity contribution in [1.82, 2.24) is 9.78 Å². The molecule has 0 aliphatic heterocycles. The molecule has 0 radical (unpaired) electrons. The fraction of sp³-hybridized carbons (Fsp3) is 0.0417. The van der Waals surface area contributed by atoms with Crippen molar-refractivity contribution in [3.63, 3.8) is 0 Å². The molecule has 0 bridgehead atoms. The van der Waals surface area contributed by atoms with Gasteiger partial charge in [-0.2, -0.15) is 9.78 Å². The maximum Gasteiger partial charge on any atom is 0.271 e. The molecule has 1 heterocycles. The molecule has 0 saturated carbocycles. The maximum absolute atomic E-state index is 13.3. The minimum atomic E-state index is -0.429. The molecule has 1 aromatic heterocycles. The Morgan fingerprint density at radius 1 is 0.968 bits per heavy atom. The Labute approximate surface area is 182 Å². The molecule has 4 rings (SSSR count). The number of carbonyl (C=O) groups is 1. The molecule has 0 spiro atoms. The van der Waals surface area contributed by atoms with E-state index in [1.54, 1.807) is 36.4 Å². The van der Waals surface area contributed by atoms with Crippen molar-refractivity contribution in [3.8, 4) is 5.69 Å². The highest BCUT2D eigenvalue weighted by Crippen LogP contribution is 2.25. The molecule has 0 fully saturated rings. The van der Waals surface area contributed by atoms with Crippen molar-refractivity contribution in [3.05, 3.63) is 112 Å². The monoisotopic (exact) mass is 431 g/mol. The summed E-state index contributed by atoms with van der Waals surface area (Å²) < 4.78 is 14.6. The Morgan fingerprint density at radius 3 is 2.42 bits per heavy atom. The van der Waals surface area contributed by atoms with E-state index in [4.69, 9.17) is 0 Å². The molecule has 0 atom stereocenters. The number of nitrogens with zero attached hydrogens (tertiary/aromatic N) is 2. The Balaban J connectivity index is 1.53. The molecule has 0 aliphatic rings. The lowest BCUT2D eigenvalue weighted by molar-refractivity contribution is 0.102. The normalized spacial score (nSPS) is 10.6. The van der Waals surface area contributed by atoms with E-state index in [1.165, 1.54) is 46.3 Å². The second-order valence-corrected chi connectivity index (χ2v) is 7.94. The molecule has 0 unspecified atom stereocenters. The molecule has 4 aromatic rings. The largest absolute Gasteiger partial charge is 0.322 e. The number of amides is 1. The van der Waals surface area contributed by atoms with Gasteiger partial charge >= 0.3 is 0 Å². The molecule has 5 nitrogen and oxygen atoms in total. The van der Waals surface area contributed by atoms with Crippen LogP contribution in [0.25, 0.3) is 5.69 Å². The van der Waals surface area contributed by atoms with Crippen molar-refractivity contribution in [2.24, 2.45) is 0 Å². The molecule has 1 amide bonds. The van der Waals surface area contributed by atoms with Crippen LogP contribution in [0.5, 0.6) is 0 Å². The third kappa shape index (κ3) is 5.07. The molecule has 0 saturated heterocycles. The van der Waals surface area contributed by atoms with Gasteiger partial charge in [-0.05, 0) is 67.6 Å². The Bertz CT molecular complexity index is 1290. The van der Waals surface area contributed by atoms with E-state index in [0.29, 0.717) is 22.0 Å². The van der Waals surface area contributed by atoms with E-state index in [2.05, 4.69) is 10.4 Å². The van der Waals surface area contributed by atoms with Crippen LogP contribution in [-0.4, -0.2) is 15.7 Å². The number of hydrogen-bond acceptors (Lipinski definition) is 4. The first-order valence-electron chi connectivity index (χ1n) is 9.50. The molecule has 3 aromatic carbocycles. The second kappa shape index (κ2) is 8.97. The van der Waals surface area contributed by atoms with Crippen molar-refractivity contribution >= 4 is 23.4 Å². The van der Waals surface area contributed by atoms with Crippen LogP contribution >= 0.6 is 11.8 Å². The SMILES string of the molecule is Cc1ccc(Sc2ccc(=O)n(-c3ccc(C(=O)Nc4cccc(F)c4)cc3)n2)cc1. The number of anilines is 1. The van der Waals surface area contributed by atoms with Gasteiger partial charge in [-0.25, -0.2) is 4.39 Å². The minimum absolute atomic E-state index is 0.273. The van der Waals surface area contributed by atoms with E-state index in [9.17, 15) is 14.0 Å². The van der Waals surface area contributed by atoms with Gasteiger partial charge in [-0.3, -0.25) is 9.59 Å². The van der Waals surface area contributed by atoms with Gasteiger partial charge in [0.15, 0.2) is 0 Å². The molecule has 7 heteroatoms. The molecule has 154 valence electrons. The highest BCUT2D eigenvalue weighted by Gasteiger charge is 2.09. The summed E-state index contributed by atoms with van der Waals surface area (Å²) in [7, 11) is 0. The lowest BCUT2D eigenvalue weighted by Crippen LogP contribution is -2.20. The van der Waals surface area contributed by atoms with Crippen molar-refractivity contribution in [2.45, 2.75) is 16.8 Å². The predicted molar refractivity (Wildman–Crippen MR) is 119 cm³/mol. The molecule has 1 N–H and O–H groups in total. The zero-order chi connectivity index (χ0) is 21.8. The van der Waals surface area contributed by atoms with Crippen LogP contribution in [0.15, 0.2) is 99.6 Å². The smallest absolute Gasteiger partial charge is 0.271 e. The van der Waals surface area contributed by atoms with Gasteiger partial charge in [0.2, 0.25) is 0 Å². The molecule has 0 aliphatic carbocycles. The van der Waals surface area contributed by atoms with Crippen molar-refractivity contribution < 1.29 is 9.18 Å². The molecular weight excluding hydrogens is 413 g/mol. The lowest BCUT2D eigenvalue weighted by atomic mass is 10.2. The number of hydrogen-bond donors (Lipinski definition) is 1. The average molecular weight is 431 g/mol. The third-order valence-electron chi connectivity index (χ3n) is 4.48. The zero-order valence-electron chi connectivity index (χ0n) is 16.6. The van der Waals surface area contributed by atoms with Gasteiger partial charge in [0.05, 0.1) is 5.69 Å². The third-order valence-corrected chi connectivity index (χ3v) is 5.41. The first-order valence-corrected chi connectivity index (χ1v) is 10.3. The van der Waals surface area contributed by atoms with E-state index in [0.717, 1.165) is 4.90 Å². The fourth-order valence-electron chi connectivity index (χ4n) is 2.88. The summed E-state index contributed by atoms with van der Waals surface area (Å²) in [6.45, 7) is 2.02. The zero-order valence-corrected chi connectivity index (χ0v) is 17.4. The van der Waals surface area contributed by atoms with Crippen LogP contribution in [0.4, 0.5) is 10.1 Å². The standard InChI is InChI=1S/C24H18FN3O2S/c1-16-5-11-21(12-6-16)31-22-13-14-23(29)28(27-22)20-9-7-17(8-10-20)24(30)26-19-4-2-3-18(25)15-19/h2-15H,1H3,(H,26,30). The van der Waals surface area contributed by atoms with Crippen LogP contribution in [0.1, 0.15) is 15.9 Å². The van der Waals surface area contributed by atoms with E-state index in [1.807, 2.05) is 31.2 Å². The quantitative estimate of drug-likeness (QED) is 0.478. The predicted octanol–water partition coefficient (Wildman–Crippen LogP) is 5.08. The average Bonchev–Trinajstić information content (AvgIpc) is 2.77. The number of nitrogens with one attached hydrogen (secondary N) is 1. The number of carbonyl (C=O) groups excluding carboxylic acids is 1. The van der Waals surface area contributed by atoms with Gasteiger partial charge in [0.25, 0.3) is 11.5 Å². The number of aryl methyl sites for hydroxylation is 1.